The predicted octanol–water partition coefficient (Wildman–Crippen LogP) is 2.36. The maximum absolute atomic E-state index is 11.5. The molecular formula is C11H12N4O. The van der Waals surface area contributed by atoms with Gasteiger partial charge in [0.1, 0.15) is 0 Å². The highest BCUT2D eigenvalue weighted by Crippen LogP contribution is 2.13. The minimum Gasteiger partial charge on any atom is -0.331 e. The number of amides is 2. The van der Waals surface area contributed by atoms with Crippen LogP contribution in [0, 0.1) is 6.92 Å². The van der Waals surface area contributed by atoms with E-state index in [4.69, 9.17) is 0 Å². The molecule has 5 nitrogen and oxygen atoms in total. The lowest BCUT2D eigenvalue weighted by atomic mass is 10.2. The summed E-state index contributed by atoms with van der Waals surface area (Å²) in [4.78, 5) is 18.2. The summed E-state index contributed by atoms with van der Waals surface area (Å²) in [5.41, 5.74) is 1.80. The monoisotopic (exact) mass is 216 g/mol. The molecule has 16 heavy (non-hydrogen) atoms. The Morgan fingerprint density at radius 2 is 2.12 bits per heavy atom. The van der Waals surface area contributed by atoms with E-state index in [1.165, 1.54) is 0 Å². The van der Waals surface area contributed by atoms with Gasteiger partial charge in [-0.05, 0) is 18.6 Å². The fourth-order valence-corrected chi connectivity index (χ4v) is 1.31. The summed E-state index contributed by atoms with van der Waals surface area (Å²) in [5, 5.41) is 5.32. The average molecular weight is 216 g/mol. The number of anilines is 2. The lowest BCUT2D eigenvalue weighted by Gasteiger charge is -2.07. The van der Waals surface area contributed by atoms with Gasteiger partial charge in [0.05, 0.1) is 0 Å². The van der Waals surface area contributed by atoms with Crippen molar-refractivity contribution in [1.82, 2.24) is 9.97 Å². The first-order valence-corrected chi connectivity index (χ1v) is 4.89. The number of rotatable bonds is 2. The summed E-state index contributed by atoms with van der Waals surface area (Å²) in [6, 6.07) is 7.25. The lowest BCUT2D eigenvalue weighted by molar-refractivity contribution is 0.262. The van der Waals surface area contributed by atoms with Gasteiger partial charge in [-0.2, -0.15) is 0 Å². The van der Waals surface area contributed by atoms with Gasteiger partial charge in [0.2, 0.25) is 5.95 Å². The first-order valence-electron chi connectivity index (χ1n) is 4.89. The molecule has 0 aliphatic heterocycles. The Balaban J connectivity index is 2.00. The molecule has 2 amide bonds. The molecule has 2 rings (SSSR count). The number of aryl methyl sites for hydroxylation is 1. The molecule has 1 aromatic heterocycles. The SMILES string of the molecule is Cc1ccccc1NC(=O)Nc1ncc[nH]1. The van der Waals surface area contributed by atoms with E-state index >= 15 is 0 Å². The predicted molar refractivity (Wildman–Crippen MR) is 62.4 cm³/mol. The second-order valence-corrected chi connectivity index (χ2v) is 3.33. The smallest absolute Gasteiger partial charge is 0.326 e. The zero-order valence-electron chi connectivity index (χ0n) is 8.82. The maximum atomic E-state index is 11.5. The molecule has 2 aromatic rings. The van der Waals surface area contributed by atoms with E-state index < -0.39 is 0 Å². The summed E-state index contributed by atoms with van der Waals surface area (Å²) in [5.74, 6) is 0.422. The van der Waals surface area contributed by atoms with Crippen molar-refractivity contribution in [3.8, 4) is 0 Å². The normalized spacial score (nSPS) is 9.81. The minimum absolute atomic E-state index is 0.316. The van der Waals surface area contributed by atoms with Crippen molar-refractivity contribution in [3.63, 3.8) is 0 Å². The molecule has 0 unspecified atom stereocenters. The zero-order valence-corrected chi connectivity index (χ0v) is 8.82. The van der Waals surface area contributed by atoms with Gasteiger partial charge in [-0.15, -0.1) is 0 Å². The van der Waals surface area contributed by atoms with Crippen LogP contribution >= 0.6 is 0 Å². The van der Waals surface area contributed by atoms with Gasteiger partial charge < -0.3 is 10.3 Å². The zero-order chi connectivity index (χ0) is 11.4. The summed E-state index contributed by atoms with van der Waals surface area (Å²) in [6.45, 7) is 1.93. The fourth-order valence-electron chi connectivity index (χ4n) is 1.31. The largest absolute Gasteiger partial charge is 0.331 e. The number of imidazole rings is 1. The van der Waals surface area contributed by atoms with Crippen LogP contribution in [0.25, 0.3) is 0 Å². The number of hydrogen-bond acceptors (Lipinski definition) is 2. The molecule has 1 heterocycles. The van der Waals surface area contributed by atoms with Crippen LogP contribution in [0.1, 0.15) is 5.56 Å². The Morgan fingerprint density at radius 1 is 1.31 bits per heavy atom. The molecule has 0 fully saturated rings. The second kappa shape index (κ2) is 4.48. The minimum atomic E-state index is -0.316. The number of urea groups is 1. The maximum Gasteiger partial charge on any atom is 0.326 e. The molecule has 0 spiro atoms. The summed E-state index contributed by atoms with van der Waals surface area (Å²) in [6.07, 6.45) is 3.22. The topological polar surface area (TPSA) is 69.8 Å². The number of carbonyl (C=O) groups excluding carboxylic acids is 1. The van der Waals surface area contributed by atoms with E-state index in [0.717, 1.165) is 11.3 Å². The van der Waals surface area contributed by atoms with Gasteiger partial charge in [-0.25, -0.2) is 9.78 Å². The summed E-state index contributed by atoms with van der Waals surface area (Å²) >= 11 is 0. The second-order valence-electron chi connectivity index (χ2n) is 3.33. The Kier molecular flexibility index (Phi) is 2.86. The van der Waals surface area contributed by atoms with Crippen molar-refractivity contribution in [2.45, 2.75) is 6.92 Å². The van der Waals surface area contributed by atoms with Crippen LogP contribution in [0.3, 0.4) is 0 Å². The molecule has 0 saturated carbocycles. The van der Waals surface area contributed by atoms with Crippen LogP contribution in [-0.2, 0) is 0 Å². The van der Waals surface area contributed by atoms with Crippen molar-refractivity contribution in [2.75, 3.05) is 10.6 Å². The Hall–Kier alpha value is -2.30. The van der Waals surface area contributed by atoms with Crippen molar-refractivity contribution in [3.05, 3.63) is 42.2 Å². The molecule has 5 heteroatoms. The third-order valence-corrected chi connectivity index (χ3v) is 2.12. The number of aromatic nitrogens is 2. The van der Waals surface area contributed by atoms with E-state index in [2.05, 4.69) is 20.6 Å². The Bertz CT molecular complexity index is 478. The number of H-pyrrole nitrogens is 1. The van der Waals surface area contributed by atoms with Crippen LogP contribution in [0.2, 0.25) is 0 Å². The molecule has 0 saturated heterocycles. The number of benzene rings is 1. The van der Waals surface area contributed by atoms with E-state index in [9.17, 15) is 4.79 Å². The van der Waals surface area contributed by atoms with Crippen molar-refractivity contribution in [1.29, 1.82) is 0 Å². The van der Waals surface area contributed by atoms with Gasteiger partial charge in [0.25, 0.3) is 0 Å². The highest BCUT2D eigenvalue weighted by Gasteiger charge is 2.04. The van der Waals surface area contributed by atoms with E-state index in [-0.39, 0.29) is 6.03 Å². The summed E-state index contributed by atoms with van der Waals surface area (Å²) < 4.78 is 0. The van der Waals surface area contributed by atoms with Crippen LogP contribution in [0.15, 0.2) is 36.7 Å². The number of carbonyl (C=O) groups is 1. The van der Waals surface area contributed by atoms with E-state index in [1.54, 1.807) is 12.4 Å². The van der Waals surface area contributed by atoms with Gasteiger partial charge in [0, 0.05) is 18.1 Å². The molecule has 3 N–H and O–H groups in total. The number of aromatic amines is 1. The van der Waals surface area contributed by atoms with Gasteiger partial charge in [0.15, 0.2) is 0 Å². The van der Waals surface area contributed by atoms with Crippen molar-refractivity contribution < 1.29 is 4.79 Å². The van der Waals surface area contributed by atoms with Crippen molar-refractivity contribution in [2.24, 2.45) is 0 Å². The van der Waals surface area contributed by atoms with Gasteiger partial charge in [-0.3, -0.25) is 5.32 Å². The van der Waals surface area contributed by atoms with Crippen LogP contribution in [0.4, 0.5) is 16.4 Å². The summed E-state index contributed by atoms with van der Waals surface area (Å²) in [7, 11) is 0. The number of nitrogens with zero attached hydrogens (tertiary/aromatic N) is 1. The standard InChI is InChI=1S/C11H12N4O/c1-8-4-2-3-5-9(8)14-11(16)15-10-12-6-7-13-10/h2-7H,1H3,(H3,12,13,14,15,16). The number of nitrogens with one attached hydrogen (secondary N) is 3. The van der Waals surface area contributed by atoms with E-state index in [0.29, 0.717) is 5.95 Å². The third kappa shape index (κ3) is 2.38. The molecule has 0 aliphatic carbocycles. The quantitative estimate of drug-likeness (QED) is 0.721. The van der Waals surface area contributed by atoms with Crippen LogP contribution < -0.4 is 10.6 Å². The average Bonchev–Trinajstić information content (AvgIpc) is 2.74. The first kappa shape index (κ1) is 10.2. The lowest BCUT2D eigenvalue weighted by Crippen LogP contribution is -2.20. The van der Waals surface area contributed by atoms with Crippen LogP contribution in [0.5, 0.6) is 0 Å². The molecule has 0 atom stereocenters. The van der Waals surface area contributed by atoms with Crippen LogP contribution in [-0.4, -0.2) is 16.0 Å². The highest BCUT2D eigenvalue weighted by molar-refractivity contribution is 5.99. The van der Waals surface area contributed by atoms with Gasteiger partial charge in [-0.1, -0.05) is 18.2 Å². The highest BCUT2D eigenvalue weighted by atomic mass is 16.2. The molecule has 1 aromatic carbocycles. The molecule has 0 radical (unpaired) electrons. The fraction of sp³-hybridized carbons (Fsp3) is 0.0909. The Labute approximate surface area is 92.9 Å². The third-order valence-electron chi connectivity index (χ3n) is 2.12. The molecular weight excluding hydrogens is 204 g/mol. The molecule has 0 aliphatic rings. The number of para-hydroxylation sites is 1. The first-order chi connectivity index (χ1) is 7.75. The number of hydrogen-bond donors (Lipinski definition) is 3. The molecule has 0 bridgehead atoms. The van der Waals surface area contributed by atoms with Gasteiger partial charge >= 0.3 is 6.03 Å². The Morgan fingerprint density at radius 3 is 2.81 bits per heavy atom. The van der Waals surface area contributed by atoms with E-state index in [1.807, 2.05) is 31.2 Å². The van der Waals surface area contributed by atoms with Crippen molar-refractivity contribution >= 4 is 17.7 Å². The molecule has 82 valence electrons.